The Kier molecular flexibility index (Phi) is 10.7. The summed E-state index contributed by atoms with van der Waals surface area (Å²) in [5.74, 6) is -0.370. The molecule has 0 spiro atoms. The van der Waals surface area contributed by atoms with Gasteiger partial charge in [0.25, 0.3) is 0 Å². The van der Waals surface area contributed by atoms with Crippen LogP contribution in [0.25, 0.3) is 0 Å². The van der Waals surface area contributed by atoms with Gasteiger partial charge in [0.2, 0.25) is 5.91 Å². The fourth-order valence-corrected chi connectivity index (χ4v) is 3.28. The van der Waals surface area contributed by atoms with Gasteiger partial charge in [-0.3, -0.25) is 4.79 Å². The van der Waals surface area contributed by atoms with Gasteiger partial charge in [-0.2, -0.15) is 0 Å². The van der Waals surface area contributed by atoms with Crippen LogP contribution in [0.3, 0.4) is 0 Å². The Morgan fingerprint density at radius 2 is 1.97 bits per heavy atom. The molecule has 2 unspecified atom stereocenters. The number of benzene rings is 1. The van der Waals surface area contributed by atoms with Gasteiger partial charge in [0.05, 0.1) is 18.8 Å². The molecule has 4 amide bonds. The van der Waals surface area contributed by atoms with Crippen LogP contribution >= 0.6 is 0 Å². The van der Waals surface area contributed by atoms with Crippen LogP contribution in [-0.2, 0) is 16.1 Å². The zero-order chi connectivity index (χ0) is 25.8. The van der Waals surface area contributed by atoms with E-state index in [-0.39, 0.29) is 31.6 Å². The minimum absolute atomic E-state index is 0.0338. The maximum Gasteiger partial charge on any atom is 0.407 e. The number of rotatable bonds is 13. The summed E-state index contributed by atoms with van der Waals surface area (Å²) < 4.78 is 6.44. The predicted octanol–water partition coefficient (Wildman–Crippen LogP) is 2.01. The number of primary amides is 1. The number of urea groups is 1. The maximum atomic E-state index is 13.1. The molecule has 0 saturated carbocycles. The van der Waals surface area contributed by atoms with E-state index in [1.165, 1.54) is 10.8 Å². The number of amides is 4. The van der Waals surface area contributed by atoms with E-state index in [1.807, 2.05) is 13.8 Å². The molecule has 0 aliphatic rings. The summed E-state index contributed by atoms with van der Waals surface area (Å²) in [6, 6.07) is 4.91. The zero-order valence-electron chi connectivity index (χ0n) is 19.9. The maximum absolute atomic E-state index is 13.1. The molecular weight excluding hydrogens is 454 g/mol. The van der Waals surface area contributed by atoms with E-state index in [2.05, 4.69) is 32.8 Å². The second-order valence-electron chi connectivity index (χ2n) is 8.17. The molecule has 2 aromatic rings. The highest BCUT2D eigenvalue weighted by Gasteiger charge is 2.26. The highest BCUT2D eigenvalue weighted by Crippen LogP contribution is 2.23. The van der Waals surface area contributed by atoms with Gasteiger partial charge in [-0.1, -0.05) is 43.8 Å². The largest absolute Gasteiger partial charge is 0.445 e. The minimum atomic E-state index is -0.746. The molecular formula is C23H33N7O5. The van der Waals surface area contributed by atoms with E-state index in [9.17, 15) is 19.5 Å². The Morgan fingerprint density at radius 3 is 2.57 bits per heavy atom. The number of carbonyl (C=O) groups excluding carboxylic acids is 3. The Balaban J connectivity index is 2.21. The van der Waals surface area contributed by atoms with Gasteiger partial charge in [0.1, 0.15) is 18.3 Å². The van der Waals surface area contributed by atoms with Crippen LogP contribution in [0.1, 0.15) is 50.0 Å². The van der Waals surface area contributed by atoms with E-state index in [0.29, 0.717) is 24.2 Å². The number of nitrogens with zero attached hydrogens (tertiary/aromatic N) is 3. The quantitative estimate of drug-likeness (QED) is 0.212. The molecule has 6 N–H and O–H groups in total. The van der Waals surface area contributed by atoms with E-state index in [1.54, 1.807) is 30.5 Å². The van der Waals surface area contributed by atoms with E-state index >= 15 is 0 Å². The number of alkyl carbamates (subject to hydrolysis) is 1. The lowest BCUT2D eigenvalue weighted by molar-refractivity contribution is -0.119. The van der Waals surface area contributed by atoms with Crippen molar-refractivity contribution in [2.45, 2.75) is 45.4 Å². The molecule has 2 rings (SSSR count). The summed E-state index contributed by atoms with van der Waals surface area (Å²) in [5, 5.41) is 25.6. The Hall–Kier alpha value is -3.93. The molecule has 0 bridgehead atoms. The molecule has 2 atom stereocenters. The standard InChI is InChI=1S/C23H33N7O5/c1-4-12-35-23(34)27-20(15(2)3)18-13-30(29-28-18)19(6-5-11-25-22(24)33)21(32)26-17-9-7-16(14-31)8-10-17/h4,7-10,13,15,19-20,31H,1,5-6,11-12,14H2,2-3H3,(H,26,32)(H,27,34)(H3,24,25,33). The smallest absolute Gasteiger partial charge is 0.407 e. The third-order valence-electron chi connectivity index (χ3n) is 5.10. The van der Waals surface area contributed by atoms with Gasteiger partial charge < -0.3 is 31.5 Å². The average molecular weight is 488 g/mol. The molecule has 190 valence electrons. The predicted molar refractivity (Wildman–Crippen MR) is 129 cm³/mol. The van der Waals surface area contributed by atoms with Crippen LogP contribution in [0.5, 0.6) is 0 Å². The van der Waals surface area contributed by atoms with Crippen molar-refractivity contribution in [2.75, 3.05) is 18.5 Å². The van der Waals surface area contributed by atoms with Gasteiger partial charge in [-0.05, 0) is 36.5 Å². The lowest BCUT2D eigenvalue weighted by Gasteiger charge is -2.20. The van der Waals surface area contributed by atoms with E-state index in [4.69, 9.17) is 10.5 Å². The Bertz CT molecular complexity index is 990. The number of aliphatic hydroxyl groups excluding tert-OH is 1. The number of ether oxygens (including phenoxy) is 1. The SMILES string of the molecule is C=CCOC(=O)NC(c1cn(C(CCCNC(N)=O)C(=O)Nc2ccc(CO)cc2)nn1)C(C)C. The fraction of sp³-hybridized carbons (Fsp3) is 0.435. The highest BCUT2D eigenvalue weighted by molar-refractivity contribution is 5.93. The minimum Gasteiger partial charge on any atom is -0.445 e. The van der Waals surface area contributed by atoms with Gasteiger partial charge in [0, 0.05) is 12.2 Å². The molecule has 12 heteroatoms. The van der Waals surface area contributed by atoms with Crippen LogP contribution in [0.4, 0.5) is 15.3 Å². The summed E-state index contributed by atoms with van der Waals surface area (Å²) in [5.41, 5.74) is 6.86. The second-order valence-corrected chi connectivity index (χ2v) is 8.17. The van der Waals surface area contributed by atoms with Crippen molar-refractivity contribution in [3.63, 3.8) is 0 Å². The lowest BCUT2D eigenvalue weighted by atomic mass is 10.0. The van der Waals surface area contributed by atoms with Gasteiger partial charge in [-0.25, -0.2) is 14.3 Å². The molecule has 0 radical (unpaired) electrons. The van der Waals surface area contributed by atoms with E-state index < -0.39 is 24.2 Å². The number of aliphatic hydroxyl groups is 1. The molecule has 1 aromatic carbocycles. The first-order valence-electron chi connectivity index (χ1n) is 11.2. The van der Waals surface area contributed by atoms with Crippen LogP contribution < -0.4 is 21.7 Å². The number of hydrogen-bond donors (Lipinski definition) is 5. The number of nitrogens with one attached hydrogen (secondary N) is 3. The summed E-state index contributed by atoms with van der Waals surface area (Å²) in [6.07, 6.45) is 3.26. The van der Waals surface area contributed by atoms with E-state index in [0.717, 1.165) is 5.56 Å². The third kappa shape index (κ3) is 8.74. The molecule has 0 fully saturated rings. The summed E-state index contributed by atoms with van der Waals surface area (Å²) in [6.45, 7) is 7.60. The van der Waals surface area contributed by atoms with Crippen LogP contribution in [0, 0.1) is 5.92 Å². The number of anilines is 1. The van der Waals surface area contributed by atoms with Crippen molar-refractivity contribution in [3.05, 3.63) is 54.4 Å². The number of aromatic nitrogens is 3. The molecule has 1 aromatic heterocycles. The van der Waals surface area contributed by atoms with Gasteiger partial charge in [-0.15, -0.1) is 5.10 Å². The van der Waals surface area contributed by atoms with Gasteiger partial charge >= 0.3 is 12.1 Å². The van der Waals surface area contributed by atoms with Crippen molar-refractivity contribution in [2.24, 2.45) is 11.7 Å². The molecule has 35 heavy (non-hydrogen) atoms. The van der Waals surface area contributed by atoms with Crippen LogP contribution in [0.2, 0.25) is 0 Å². The summed E-state index contributed by atoms with van der Waals surface area (Å²) >= 11 is 0. The Morgan fingerprint density at radius 1 is 1.26 bits per heavy atom. The first-order valence-corrected chi connectivity index (χ1v) is 11.2. The molecule has 0 saturated heterocycles. The molecule has 0 aliphatic carbocycles. The van der Waals surface area contributed by atoms with Crippen molar-refractivity contribution in [1.29, 1.82) is 0 Å². The number of nitrogens with two attached hydrogens (primary N) is 1. The third-order valence-corrected chi connectivity index (χ3v) is 5.10. The van der Waals surface area contributed by atoms with Crippen molar-refractivity contribution >= 4 is 23.7 Å². The summed E-state index contributed by atoms with van der Waals surface area (Å²) in [7, 11) is 0. The first kappa shape index (κ1) is 27.3. The lowest BCUT2D eigenvalue weighted by Crippen LogP contribution is -2.32. The normalized spacial score (nSPS) is 12.5. The first-order chi connectivity index (χ1) is 16.7. The Labute approximate surface area is 203 Å². The van der Waals surface area contributed by atoms with Crippen LogP contribution in [0.15, 0.2) is 43.1 Å². The monoisotopic (exact) mass is 487 g/mol. The fourth-order valence-electron chi connectivity index (χ4n) is 3.28. The number of hydrogen-bond acceptors (Lipinski definition) is 7. The second kappa shape index (κ2) is 13.7. The average Bonchev–Trinajstić information content (AvgIpc) is 3.30. The molecule has 0 aliphatic heterocycles. The molecule has 12 nitrogen and oxygen atoms in total. The van der Waals surface area contributed by atoms with Crippen molar-refractivity contribution in [1.82, 2.24) is 25.6 Å². The van der Waals surface area contributed by atoms with Crippen LogP contribution in [-0.4, -0.2) is 51.3 Å². The van der Waals surface area contributed by atoms with Gasteiger partial charge in [0.15, 0.2) is 0 Å². The molecule has 1 heterocycles. The van der Waals surface area contributed by atoms with Crippen molar-refractivity contribution in [3.8, 4) is 0 Å². The van der Waals surface area contributed by atoms with Crippen molar-refractivity contribution < 1.29 is 24.2 Å². The zero-order valence-corrected chi connectivity index (χ0v) is 19.9. The number of carbonyl (C=O) groups is 3. The summed E-state index contributed by atoms with van der Waals surface area (Å²) in [4.78, 5) is 36.2. The highest BCUT2D eigenvalue weighted by atomic mass is 16.5. The topological polar surface area (TPSA) is 173 Å².